The van der Waals surface area contributed by atoms with Crippen LogP contribution >= 0.6 is 12.4 Å². The van der Waals surface area contributed by atoms with Crippen LogP contribution in [0.4, 0.5) is 15.8 Å². The Morgan fingerprint density at radius 2 is 1.86 bits per heavy atom. The molecule has 0 bridgehead atoms. The minimum atomic E-state index is -0.302. The molecular weight excluding hydrogens is 379 g/mol. The van der Waals surface area contributed by atoms with Gasteiger partial charge in [0.1, 0.15) is 5.82 Å². The molecule has 3 aromatic rings. The van der Waals surface area contributed by atoms with Crippen molar-refractivity contribution in [3.8, 4) is 0 Å². The number of carbonyl (C=O) groups excluding carboxylic acids is 1. The minimum Gasteiger partial charge on any atom is -0.354 e. The first-order valence-corrected chi connectivity index (χ1v) is 9.03. The second-order valence-electron chi connectivity index (χ2n) is 6.44. The Hall–Kier alpha value is -2.73. The number of pyridine rings is 2. The molecule has 5 nitrogen and oxygen atoms in total. The Bertz CT molecular complexity index is 1010. The summed E-state index contributed by atoms with van der Waals surface area (Å²) in [5, 5.41) is 3.94. The van der Waals surface area contributed by atoms with Gasteiger partial charge in [-0.1, -0.05) is 6.07 Å². The van der Waals surface area contributed by atoms with Crippen LogP contribution in [0.25, 0.3) is 11.0 Å². The summed E-state index contributed by atoms with van der Waals surface area (Å²) in [6.45, 7) is 8.66. The Morgan fingerprint density at radius 1 is 1.14 bits per heavy atom. The Morgan fingerprint density at radius 3 is 2.50 bits per heavy atom. The third-order valence-corrected chi connectivity index (χ3v) is 4.59. The zero-order chi connectivity index (χ0) is 19.6. The Labute approximate surface area is 170 Å². The highest BCUT2D eigenvalue weighted by Gasteiger charge is 2.20. The van der Waals surface area contributed by atoms with Gasteiger partial charge >= 0.3 is 0 Å². The summed E-state index contributed by atoms with van der Waals surface area (Å²) in [5.74, 6) is -0.422. The highest BCUT2D eigenvalue weighted by Crippen LogP contribution is 2.30. The summed E-state index contributed by atoms with van der Waals surface area (Å²) >= 11 is 0. The number of anilines is 2. The van der Waals surface area contributed by atoms with E-state index in [1.165, 1.54) is 6.07 Å². The number of carbonyl (C=O) groups is 1. The fourth-order valence-electron chi connectivity index (χ4n) is 2.96. The summed E-state index contributed by atoms with van der Waals surface area (Å²) < 4.78 is 14.0. The van der Waals surface area contributed by atoms with Crippen molar-refractivity contribution >= 4 is 40.7 Å². The highest BCUT2D eigenvalue weighted by molar-refractivity contribution is 6.07. The normalized spacial score (nSPS) is 10.5. The quantitative estimate of drug-likeness (QED) is 0.650. The van der Waals surface area contributed by atoms with Gasteiger partial charge in [-0.25, -0.2) is 14.4 Å². The van der Waals surface area contributed by atoms with Gasteiger partial charge in [-0.2, -0.15) is 0 Å². The first-order valence-electron chi connectivity index (χ1n) is 9.03. The molecule has 0 saturated heterocycles. The smallest absolute Gasteiger partial charge is 0.257 e. The maximum Gasteiger partial charge on any atom is 0.257 e. The molecule has 1 N–H and O–H groups in total. The van der Waals surface area contributed by atoms with Crippen molar-refractivity contribution in [1.29, 1.82) is 0 Å². The predicted octanol–water partition coefficient (Wildman–Crippen LogP) is 5.03. The van der Waals surface area contributed by atoms with Crippen molar-refractivity contribution in [3.05, 3.63) is 59.2 Å². The van der Waals surface area contributed by atoms with Crippen LogP contribution in [0.1, 0.15) is 35.5 Å². The molecule has 1 amide bonds. The van der Waals surface area contributed by atoms with E-state index in [2.05, 4.69) is 15.3 Å². The molecule has 28 heavy (non-hydrogen) atoms. The monoisotopic (exact) mass is 402 g/mol. The SMILES string of the molecule is CCN(CC)C(=O)c1cnc2nc(C)ccc2c1Nc1ccc(C)c(F)c1.Cl. The molecule has 0 aliphatic heterocycles. The molecule has 0 saturated carbocycles. The van der Waals surface area contributed by atoms with Crippen molar-refractivity contribution in [3.63, 3.8) is 0 Å². The van der Waals surface area contributed by atoms with Crippen molar-refractivity contribution in [2.24, 2.45) is 0 Å². The lowest BCUT2D eigenvalue weighted by molar-refractivity contribution is 0.0774. The van der Waals surface area contributed by atoms with E-state index in [1.54, 1.807) is 30.2 Å². The number of hydrogen-bond acceptors (Lipinski definition) is 4. The fourth-order valence-corrected chi connectivity index (χ4v) is 2.96. The zero-order valence-corrected chi connectivity index (χ0v) is 17.2. The molecule has 0 aliphatic carbocycles. The van der Waals surface area contributed by atoms with Crippen molar-refractivity contribution in [2.45, 2.75) is 27.7 Å². The number of rotatable bonds is 5. The van der Waals surface area contributed by atoms with Crippen molar-refractivity contribution < 1.29 is 9.18 Å². The summed E-state index contributed by atoms with van der Waals surface area (Å²) in [6.07, 6.45) is 1.54. The second kappa shape index (κ2) is 8.97. The number of halogens is 2. The summed E-state index contributed by atoms with van der Waals surface area (Å²) in [7, 11) is 0. The number of hydrogen-bond donors (Lipinski definition) is 1. The van der Waals surface area contributed by atoms with Gasteiger partial charge in [0.15, 0.2) is 5.65 Å². The number of aromatic nitrogens is 2. The highest BCUT2D eigenvalue weighted by atomic mass is 35.5. The van der Waals surface area contributed by atoms with E-state index in [1.807, 2.05) is 32.9 Å². The summed E-state index contributed by atoms with van der Waals surface area (Å²) in [6, 6.07) is 8.68. The van der Waals surface area contributed by atoms with E-state index in [0.29, 0.717) is 41.2 Å². The average molecular weight is 403 g/mol. The van der Waals surface area contributed by atoms with Crippen LogP contribution in [0.3, 0.4) is 0 Å². The second-order valence-corrected chi connectivity index (χ2v) is 6.44. The lowest BCUT2D eigenvalue weighted by Crippen LogP contribution is -2.31. The topological polar surface area (TPSA) is 58.1 Å². The molecule has 0 aliphatic rings. The van der Waals surface area contributed by atoms with E-state index >= 15 is 0 Å². The van der Waals surface area contributed by atoms with Crippen molar-refractivity contribution in [2.75, 3.05) is 18.4 Å². The Balaban J connectivity index is 0.00000280. The van der Waals surface area contributed by atoms with Gasteiger partial charge < -0.3 is 10.2 Å². The van der Waals surface area contributed by atoms with Gasteiger partial charge in [0.25, 0.3) is 5.91 Å². The molecule has 0 fully saturated rings. The van der Waals surface area contributed by atoms with Gasteiger partial charge in [-0.15, -0.1) is 12.4 Å². The molecule has 0 spiro atoms. The first kappa shape index (κ1) is 21.6. The van der Waals surface area contributed by atoms with Gasteiger partial charge in [0.05, 0.1) is 11.3 Å². The van der Waals surface area contributed by atoms with E-state index in [9.17, 15) is 9.18 Å². The number of amides is 1. The molecule has 1 aromatic carbocycles. The zero-order valence-electron chi connectivity index (χ0n) is 16.4. The van der Waals surface area contributed by atoms with Crippen LogP contribution in [0.15, 0.2) is 36.5 Å². The van der Waals surface area contributed by atoms with Gasteiger partial charge in [0.2, 0.25) is 0 Å². The Kier molecular flexibility index (Phi) is 6.91. The minimum absolute atomic E-state index is 0. The molecule has 2 heterocycles. The van der Waals surface area contributed by atoms with Gasteiger partial charge in [0, 0.05) is 36.1 Å². The van der Waals surface area contributed by atoms with Crippen molar-refractivity contribution in [1.82, 2.24) is 14.9 Å². The fraction of sp³-hybridized carbons (Fsp3) is 0.286. The molecule has 0 atom stereocenters. The number of fused-ring (bicyclic) bond motifs is 1. The number of nitrogens with one attached hydrogen (secondary N) is 1. The lowest BCUT2D eigenvalue weighted by atomic mass is 10.1. The van der Waals surface area contributed by atoms with E-state index < -0.39 is 0 Å². The van der Waals surface area contributed by atoms with E-state index in [4.69, 9.17) is 0 Å². The van der Waals surface area contributed by atoms with Crippen LogP contribution in [0.5, 0.6) is 0 Å². The largest absolute Gasteiger partial charge is 0.354 e. The van der Waals surface area contributed by atoms with Crippen LogP contribution < -0.4 is 5.32 Å². The van der Waals surface area contributed by atoms with E-state index in [-0.39, 0.29) is 24.1 Å². The molecule has 0 unspecified atom stereocenters. The third-order valence-electron chi connectivity index (χ3n) is 4.59. The third kappa shape index (κ3) is 4.22. The maximum atomic E-state index is 14.0. The standard InChI is InChI=1S/C21H23FN4O.ClH/c1-5-26(6-2)21(27)17-12-23-20-16(10-8-14(4)24-20)19(17)25-15-9-7-13(3)18(22)11-15;/h7-12H,5-6H2,1-4H3,(H,23,24,25);1H. The molecule has 148 valence electrons. The number of nitrogens with zero attached hydrogens (tertiary/aromatic N) is 3. The lowest BCUT2D eigenvalue weighted by Gasteiger charge is -2.21. The predicted molar refractivity (Wildman–Crippen MR) is 113 cm³/mol. The van der Waals surface area contributed by atoms with Gasteiger partial charge in [-0.3, -0.25) is 4.79 Å². The maximum absolute atomic E-state index is 14.0. The first-order chi connectivity index (χ1) is 12.9. The van der Waals surface area contributed by atoms with E-state index in [0.717, 1.165) is 11.1 Å². The van der Waals surface area contributed by atoms with Crippen LogP contribution in [0.2, 0.25) is 0 Å². The molecular formula is C21H24ClFN4O. The molecule has 3 rings (SSSR count). The molecule has 7 heteroatoms. The summed E-state index contributed by atoms with van der Waals surface area (Å²) in [4.78, 5) is 23.5. The summed E-state index contributed by atoms with van der Waals surface area (Å²) in [5.41, 5.74) is 3.55. The number of benzene rings is 1. The number of aryl methyl sites for hydroxylation is 2. The molecule has 0 radical (unpaired) electrons. The average Bonchev–Trinajstić information content (AvgIpc) is 2.65. The van der Waals surface area contributed by atoms with Crippen LogP contribution in [0, 0.1) is 19.7 Å². The van der Waals surface area contributed by atoms with Crippen LogP contribution in [-0.4, -0.2) is 33.9 Å². The van der Waals surface area contributed by atoms with Gasteiger partial charge in [-0.05, 0) is 57.5 Å². The van der Waals surface area contributed by atoms with Crippen LogP contribution in [-0.2, 0) is 0 Å². The molecule has 2 aromatic heterocycles.